The van der Waals surface area contributed by atoms with E-state index in [1.807, 2.05) is 0 Å². The molecule has 0 aromatic heterocycles. The normalized spacial score (nSPS) is 11.3. The van der Waals surface area contributed by atoms with Crippen molar-refractivity contribution in [3.63, 3.8) is 0 Å². The molecule has 0 atom stereocenters. The second-order valence-corrected chi connectivity index (χ2v) is 3.63. The molecule has 1 amide bonds. The molecular weight excluding hydrogens is 263 g/mol. The molecule has 7 heteroatoms. The molecule has 0 fully saturated rings. The van der Waals surface area contributed by atoms with Gasteiger partial charge in [-0.1, -0.05) is 0 Å². The van der Waals surface area contributed by atoms with E-state index >= 15 is 0 Å². The van der Waals surface area contributed by atoms with Gasteiger partial charge in [0.15, 0.2) is 0 Å². The molecule has 19 heavy (non-hydrogen) atoms. The Morgan fingerprint density at radius 3 is 2.47 bits per heavy atom. The Hall–Kier alpha value is -1.76. The molecule has 0 aliphatic heterocycles. The summed E-state index contributed by atoms with van der Waals surface area (Å²) in [5.74, 6) is -0.703. The predicted octanol–water partition coefficient (Wildman–Crippen LogP) is 2.74. The molecule has 106 valence electrons. The van der Waals surface area contributed by atoms with Crippen LogP contribution in [0.4, 0.5) is 13.2 Å². The van der Waals surface area contributed by atoms with Crippen LogP contribution in [-0.4, -0.2) is 31.7 Å². The largest absolute Gasteiger partial charge is 0.493 e. The molecule has 0 bridgehead atoms. The van der Waals surface area contributed by atoms with Gasteiger partial charge in [-0.25, -0.2) is 5.06 Å². The van der Waals surface area contributed by atoms with E-state index in [1.165, 1.54) is 14.2 Å². The lowest BCUT2D eigenvalue weighted by atomic mass is 10.1. The van der Waals surface area contributed by atoms with Gasteiger partial charge in [0.2, 0.25) is 0 Å². The number of carbonyl (C=O) groups is 1. The van der Waals surface area contributed by atoms with Crippen LogP contribution >= 0.6 is 0 Å². The number of amides is 1. The van der Waals surface area contributed by atoms with Crippen LogP contribution < -0.4 is 4.74 Å². The maximum Gasteiger partial charge on any atom is 0.416 e. The number of alkyl halides is 3. The molecule has 0 saturated carbocycles. The summed E-state index contributed by atoms with van der Waals surface area (Å²) >= 11 is 0. The average Bonchev–Trinajstić information content (AvgIpc) is 2.36. The number of hydrogen-bond donors (Lipinski definition) is 0. The van der Waals surface area contributed by atoms with Crippen molar-refractivity contribution in [1.29, 1.82) is 0 Å². The summed E-state index contributed by atoms with van der Waals surface area (Å²) in [7, 11) is 2.64. The van der Waals surface area contributed by atoms with E-state index < -0.39 is 17.6 Å². The molecule has 0 saturated heterocycles. The lowest BCUT2D eigenvalue weighted by Crippen LogP contribution is -2.26. The van der Waals surface area contributed by atoms with Gasteiger partial charge in [-0.15, -0.1) is 0 Å². The van der Waals surface area contributed by atoms with E-state index in [0.717, 1.165) is 23.3 Å². The second kappa shape index (κ2) is 5.92. The van der Waals surface area contributed by atoms with Crippen LogP contribution in [0.15, 0.2) is 18.2 Å². The molecule has 1 aromatic carbocycles. The third-order valence-electron chi connectivity index (χ3n) is 2.40. The zero-order valence-corrected chi connectivity index (χ0v) is 10.7. The molecular formula is C12H14F3NO3. The first kappa shape index (κ1) is 15.3. The number of halogens is 3. The van der Waals surface area contributed by atoms with Crippen molar-refractivity contribution in [3.8, 4) is 5.75 Å². The van der Waals surface area contributed by atoms with Gasteiger partial charge in [-0.2, -0.15) is 13.2 Å². The van der Waals surface area contributed by atoms with Crippen molar-refractivity contribution in [3.05, 3.63) is 29.3 Å². The topological polar surface area (TPSA) is 38.8 Å². The minimum absolute atomic E-state index is 0.0131. The van der Waals surface area contributed by atoms with E-state index in [0.29, 0.717) is 0 Å². The number of hydroxylamine groups is 2. The maximum atomic E-state index is 12.6. The van der Waals surface area contributed by atoms with Crippen LogP contribution in [0.25, 0.3) is 0 Å². The first-order chi connectivity index (χ1) is 8.81. The number of rotatable bonds is 4. The number of carbonyl (C=O) groups excluding carboxylic acids is 1. The molecule has 4 nitrogen and oxygen atoms in total. The van der Waals surface area contributed by atoms with Gasteiger partial charge >= 0.3 is 6.18 Å². The first-order valence-electron chi connectivity index (χ1n) is 5.47. The first-order valence-corrected chi connectivity index (χ1v) is 5.47. The van der Waals surface area contributed by atoms with Crippen LogP contribution in [0, 0.1) is 0 Å². The lowest BCUT2D eigenvalue weighted by molar-refractivity contribution is -0.137. The van der Waals surface area contributed by atoms with Crippen molar-refractivity contribution >= 4 is 5.91 Å². The lowest BCUT2D eigenvalue weighted by Gasteiger charge is -2.17. The molecule has 0 aliphatic rings. The van der Waals surface area contributed by atoms with Gasteiger partial charge in [0, 0.05) is 7.05 Å². The Bertz CT molecular complexity index is 460. The minimum atomic E-state index is -4.49. The summed E-state index contributed by atoms with van der Waals surface area (Å²) in [4.78, 5) is 16.6. The molecule has 0 spiro atoms. The fraction of sp³-hybridized carbons (Fsp3) is 0.417. The van der Waals surface area contributed by atoms with Gasteiger partial charge in [-0.3, -0.25) is 9.63 Å². The Morgan fingerprint density at radius 2 is 2.00 bits per heavy atom. The van der Waals surface area contributed by atoms with Crippen molar-refractivity contribution < 1.29 is 27.5 Å². The molecule has 0 N–H and O–H groups in total. The zero-order chi connectivity index (χ0) is 14.6. The SMILES string of the molecule is CCOc1cc(C(F)(F)F)ccc1C(=O)N(C)OC. The van der Waals surface area contributed by atoms with Crippen molar-refractivity contribution in [1.82, 2.24) is 5.06 Å². The van der Waals surface area contributed by atoms with Gasteiger partial charge in [0.25, 0.3) is 5.91 Å². The standard InChI is InChI=1S/C12H14F3NO3/c1-4-19-10-7-8(12(13,14)15)5-6-9(10)11(17)16(2)18-3/h5-7H,4H2,1-3H3. The third kappa shape index (κ3) is 3.60. The van der Waals surface area contributed by atoms with Crippen LogP contribution in [0.3, 0.4) is 0 Å². The highest BCUT2D eigenvalue weighted by Crippen LogP contribution is 2.33. The van der Waals surface area contributed by atoms with Crippen LogP contribution in [-0.2, 0) is 11.0 Å². The summed E-state index contributed by atoms with van der Waals surface area (Å²) < 4.78 is 42.9. The smallest absolute Gasteiger partial charge is 0.416 e. The quantitative estimate of drug-likeness (QED) is 0.794. The highest BCUT2D eigenvalue weighted by Gasteiger charge is 2.32. The van der Waals surface area contributed by atoms with Gasteiger partial charge in [-0.05, 0) is 25.1 Å². The average molecular weight is 277 g/mol. The molecule has 1 rings (SSSR count). The van der Waals surface area contributed by atoms with Crippen molar-refractivity contribution in [2.45, 2.75) is 13.1 Å². The molecule has 0 aliphatic carbocycles. The van der Waals surface area contributed by atoms with Gasteiger partial charge < -0.3 is 4.74 Å². The Morgan fingerprint density at radius 1 is 1.37 bits per heavy atom. The summed E-state index contributed by atoms with van der Waals surface area (Å²) in [5, 5.41) is 0.908. The maximum absolute atomic E-state index is 12.6. The Labute approximate surface area is 108 Å². The van der Waals surface area contributed by atoms with Gasteiger partial charge in [0.05, 0.1) is 24.8 Å². The van der Waals surface area contributed by atoms with Crippen LogP contribution in [0.2, 0.25) is 0 Å². The molecule has 0 heterocycles. The van der Waals surface area contributed by atoms with E-state index in [2.05, 4.69) is 0 Å². The summed E-state index contributed by atoms with van der Waals surface area (Å²) in [6.45, 7) is 1.77. The van der Waals surface area contributed by atoms with E-state index in [1.54, 1.807) is 6.92 Å². The fourth-order valence-electron chi connectivity index (χ4n) is 1.40. The van der Waals surface area contributed by atoms with E-state index in [9.17, 15) is 18.0 Å². The second-order valence-electron chi connectivity index (χ2n) is 3.63. The van der Waals surface area contributed by atoms with Crippen LogP contribution in [0.5, 0.6) is 5.75 Å². The summed E-state index contributed by atoms with van der Waals surface area (Å²) in [6, 6.07) is 2.71. The highest BCUT2D eigenvalue weighted by molar-refractivity contribution is 5.96. The monoisotopic (exact) mass is 277 g/mol. The third-order valence-corrected chi connectivity index (χ3v) is 2.40. The number of nitrogens with zero attached hydrogens (tertiary/aromatic N) is 1. The fourth-order valence-corrected chi connectivity index (χ4v) is 1.40. The highest BCUT2D eigenvalue weighted by atomic mass is 19.4. The van der Waals surface area contributed by atoms with E-state index in [4.69, 9.17) is 9.57 Å². The number of benzene rings is 1. The Balaban J connectivity index is 3.22. The predicted molar refractivity (Wildman–Crippen MR) is 61.7 cm³/mol. The minimum Gasteiger partial charge on any atom is -0.493 e. The zero-order valence-electron chi connectivity index (χ0n) is 10.7. The van der Waals surface area contributed by atoms with Crippen LogP contribution in [0.1, 0.15) is 22.8 Å². The Kier molecular flexibility index (Phi) is 4.77. The summed E-state index contributed by atoms with van der Waals surface area (Å²) in [5.41, 5.74) is -0.855. The summed E-state index contributed by atoms with van der Waals surface area (Å²) in [6.07, 6.45) is -4.49. The van der Waals surface area contributed by atoms with Crippen molar-refractivity contribution in [2.75, 3.05) is 20.8 Å². The molecule has 0 unspecified atom stereocenters. The number of hydrogen-bond acceptors (Lipinski definition) is 3. The molecule has 1 aromatic rings. The van der Waals surface area contributed by atoms with Crippen molar-refractivity contribution in [2.24, 2.45) is 0 Å². The molecule has 0 radical (unpaired) electrons. The number of ether oxygens (including phenoxy) is 1. The van der Waals surface area contributed by atoms with E-state index in [-0.39, 0.29) is 17.9 Å². The van der Waals surface area contributed by atoms with Gasteiger partial charge in [0.1, 0.15) is 5.75 Å².